The Labute approximate surface area is 114 Å². The van der Waals surface area contributed by atoms with Crippen molar-refractivity contribution >= 4 is 0 Å². The van der Waals surface area contributed by atoms with Gasteiger partial charge in [0.15, 0.2) is 0 Å². The summed E-state index contributed by atoms with van der Waals surface area (Å²) in [4.78, 5) is 2.34. The van der Waals surface area contributed by atoms with Crippen LogP contribution in [0.3, 0.4) is 0 Å². The number of morpholine rings is 1. The predicted octanol–water partition coefficient (Wildman–Crippen LogP) is 2.20. The van der Waals surface area contributed by atoms with E-state index in [4.69, 9.17) is 4.74 Å². The predicted molar refractivity (Wildman–Crippen MR) is 74.6 cm³/mol. The molecule has 1 aliphatic rings. The van der Waals surface area contributed by atoms with Crippen LogP contribution in [0.5, 0.6) is 0 Å². The molecule has 0 radical (unpaired) electrons. The molecule has 0 saturated carbocycles. The van der Waals surface area contributed by atoms with E-state index in [9.17, 15) is 4.39 Å². The van der Waals surface area contributed by atoms with Gasteiger partial charge in [-0.15, -0.1) is 0 Å². The van der Waals surface area contributed by atoms with Gasteiger partial charge in [-0.3, -0.25) is 4.90 Å². The molecule has 106 valence electrons. The van der Waals surface area contributed by atoms with E-state index in [1.807, 2.05) is 19.2 Å². The van der Waals surface area contributed by atoms with Crippen molar-refractivity contribution in [3.63, 3.8) is 0 Å². The number of hydrogen-bond donors (Lipinski definition) is 1. The monoisotopic (exact) mass is 266 g/mol. The molecule has 0 amide bonds. The first-order valence-corrected chi connectivity index (χ1v) is 6.89. The first-order valence-electron chi connectivity index (χ1n) is 6.89. The van der Waals surface area contributed by atoms with Crippen LogP contribution < -0.4 is 5.32 Å². The van der Waals surface area contributed by atoms with Gasteiger partial charge in [-0.2, -0.15) is 0 Å². The van der Waals surface area contributed by atoms with Crippen molar-refractivity contribution in [1.29, 1.82) is 0 Å². The minimum Gasteiger partial charge on any atom is -0.373 e. The zero-order chi connectivity index (χ0) is 13.8. The third-order valence-electron chi connectivity index (χ3n) is 3.57. The average molecular weight is 266 g/mol. The van der Waals surface area contributed by atoms with Crippen LogP contribution in [0.25, 0.3) is 0 Å². The van der Waals surface area contributed by atoms with Crippen LogP contribution in [0.4, 0.5) is 4.39 Å². The quantitative estimate of drug-likeness (QED) is 0.904. The summed E-state index contributed by atoms with van der Waals surface area (Å²) in [7, 11) is 1.88. The van der Waals surface area contributed by atoms with Gasteiger partial charge in [0.1, 0.15) is 5.82 Å². The zero-order valence-corrected chi connectivity index (χ0v) is 11.9. The molecule has 0 aliphatic carbocycles. The molecule has 3 nitrogen and oxygen atoms in total. The second-order valence-electron chi connectivity index (χ2n) is 5.34. The molecule has 1 fully saturated rings. The highest BCUT2D eigenvalue weighted by Gasteiger charge is 2.25. The molecule has 4 heteroatoms. The average Bonchev–Trinajstić information content (AvgIpc) is 2.36. The number of hydrogen-bond acceptors (Lipinski definition) is 3. The summed E-state index contributed by atoms with van der Waals surface area (Å²) in [5.41, 5.74) is 0.733. The molecule has 1 aliphatic heterocycles. The summed E-state index contributed by atoms with van der Waals surface area (Å²) in [6.07, 6.45) is 0.476. The molecule has 1 saturated heterocycles. The maximum absolute atomic E-state index is 13.9. The van der Waals surface area contributed by atoms with Gasteiger partial charge in [0, 0.05) is 31.2 Å². The normalized spacial score (nSPS) is 26.3. The molecule has 0 aromatic heterocycles. The number of likely N-dealkylation sites (N-methyl/N-ethyl adjacent to an activating group) is 1. The van der Waals surface area contributed by atoms with E-state index < -0.39 is 0 Å². The van der Waals surface area contributed by atoms with Crippen LogP contribution in [-0.2, 0) is 4.74 Å². The third-order valence-corrected chi connectivity index (χ3v) is 3.57. The maximum atomic E-state index is 13.9. The number of rotatable bonds is 4. The Bertz CT molecular complexity index is 403. The summed E-state index contributed by atoms with van der Waals surface area (Å²) in [5, 5.41) is 3.21. The summed E-state index contributed by atoms with van der Waals surface area (Å²) in [6.45, 7) is 6.77. The lowest BCUT2D eigenvalue weighted by Gasteiger charge is -2.37. The summed E-state index contributed by atoms with van der Waals surface area (Å²) >= 11 is 0. The molecule has 1 aromatic rings. The molecular weight excluding hydrogens is 243 g/mol. The van der Waals surface area contributed by atoms with Crippen molar-refractivity contribution in [2.24, 2.45) is 0 Å². The van der Waals surface area contributed by atoms with Gasteiger partial charge in [-0.1, -0.05) is 18.2 Å². The highest BCUT2D eigenvalue weighted by Crippen LogP contribution is 2.20. The summed E-state index contributed by atoms with van der Waals surface area (Å²) in [6, 6.07) is 6.99. The highest BCUT2D eigenvalue weighted by atomic mass is 19.1. The molecule has 1 unspecified atom stereocenters. The van der Waals surface area contributed by atoms with Crippen LogP contribution in [-0.4, -0.2) is 43.8 Å². The van der Waals surface area contributed by atoms with Gasteiger partial charge in [0.25, 0.3) is 0 Å². The Hall–Kier alpha value is -0.970. The van der Waals surface area contributed by atoms with Crippen molar-refractivity contribution in [3.8, 4) is 0 Å². The number of benzene rings is 1. The Morgan fingerprint density at radius 2 is 1.95 bits per heavy atom. The highest BCUT2D eigenvalue weighted by molar-refractivity contribution is 5.21. The van der Waals surface area contributed by atoms with Gasteiger partial charge >= 0.3 is 0 Å². The number of nitrogens with one attached hydrogen (secondary N) is 1. The fraction of sp³-hybridized carbons (Fsp3) is 0.600. The van der Waals surface area contributed by atoms with Crippen molar-refractivity contribution in [3.05, 3.63) is 35.6 Å². The second-order valence-corrected chi connectivity index (χ2v) is 5.34. The van der Waals surface area contributed by atoms with Crippen molar-refractivity contribution in [2.75, 3.05) is 26.7 Å². The molecule has 0 bridgehead atoms. The molecule has 0 spiro atoms. The van der Waals surface area contributed by atoms with Gasteiger partial charge in [-0.25, -0.2) is 4.39 Å². The third kappa shape index (κ3) is 3.75. The molecule has 1 N–H and O–H groups in total. The molecule has 1 heterocycles. The fourth-order valence-corrected chi connectivity index (χ4v) is 2.79. The standard InChI is InChI=1S/C15H23FN2O/c1-11-8-18(9-12(2)19-11)10-15(17-3)13-6-4-5-7-14(13)16/h4-7,11-12,15,17H,8-10H2,1-3H3/t11-,12+,15?. The van der Waals surface area contributed by atoms with E-state index in [-0.39, 0.29) is 24.1 Å². The van der Waals surface area contributed by atoms with E-state index >= 15 is 0 Å². The molecule has 19 heavy (non-hydrogen) atoms. The minimum atomic E-state index is -0.142. The Kier molecular flexibility index (Phi) is 4.91. The number of ether oxygens (including phenoxy) is 1. The van der Waals surface area contributed by atoms with Crippen LogP contribution in [0.15, 0.2) is 24.3 Å². The fourth-order valence-electron chi connectivity index (χ4n) is 2.79. The Morgan fingerprint density at radius 1 is 1.32 bits per heavy atom. The lowest BCUT2D eigenvalue weighted by Crippen LogP contribution is -2.48. The van der Waals surface area contributed by atoms with Gasteiger partial charge < -0.3 is 10.1 Å². The molecule has 1 aromatic carbocycles. The van der Waals surface area contributed by atoms with Crippen LogP contribution >= 0.6 is 0 Å². The topological polar surface area (TPSA) is 24.5 Å². The number of nitrogens with zero attached hydrogens (tertiary/aromatic N) is 1. The Morgan fingerprint density at radius 3 is 2.53 bits per heavy atom. The lowest BCUT2D eigenvalue weighted by atomic mass is 10.0. The largest absolute Gasteiger partial charge is 0.373 e. The van der Waals surface area contributed by atoms with Crippen molar-refractivity contribution < 1.29 is 9.13 Å². The van der Waals surface area contributed by atoms with Crippen LogP contribution in [0.2, 0.25) is 0 Å². The van der Waals surface area contributed by atoms with Crippen molar-refractivity contribution in [2.45, 2.75) is 32.1 Å². The second kappa shape index (κ2) is 6.46. The zero-order valence-electron chi connectivity index (χ0n) is 11.9. The minimum absolute atomic E-state index is 0.0127. The Balaban J connectivity index is 2.05. The number of halogens is 1. The van der Waals surface area contributed by atoms with E-state index in [0.29, 0.717) is 0 Å². The SMILES string of the molecule is CNC(CN1C[C@@H](C)O[C@@H](C)C1)c1ccccc1F. The van der Waals surface area contributed by atoms with Gasteiger partial charge in [0.2, 0.25) is 0 Å². The van der Waals surface area contributed by atoms with Crippen LogP contribution in [0.1, 0.15) is 25.5 Å². The first-order chi connectivity index (χ1) is 9.10. The van der Waals surface area contributed by atoms with E-state index in [0.717, 1.165) is 25.2 Å². The summed E-state index contributed by atoms with van der Waals surface area (Å²) in [5.74, 6) is -0.142. The van der Waals surface area contributed by atoms with Crippen LogP contribution in [0, 0.1) is 5.82 Å². The first kappa shape index (κ1) is 14.4. The van der Waals surface area contributed by atoms with E-state index in [1.54, 1.807) is 6.07 Å². The van der Waals surface area contributed by atoms with E-state index in [2.05, 4.69) is 24.1 Å². The smallest absolute Gasteiger partial charge is 0.128 e. The maximum Gasteiger partial charge on any atom is 0.128 e. The lowest BCUT2D eigenvalue weighted by molar-refractivity contribution is -0.0698. The van der Waals surface area contributed by atoms with Gasteiger partial charge in [0.05, 0.1) is 12.2 Å². The van der Waals surface area contributed by atoms with E-state index in [1.165, 1.54) is 6.07 Å². The van der Waals surface area contributed by atoms with Gasteiger partial charge in [-0.05, 0) is 27.0 Å². The van der Waals surface area contributed by atoms with Crippen molar-refractivity contribution in [1.82, 2.24) is 10.2 Å². The summed E-state index contributed by atoms with van der Waals surface area (Å²) < 4.78 is 19.6. The molecule has 3 atom stereocenters. The molecule has 2 rings (SSSR count). The molecular formula is C15H23FN2O.